The van der Waals surface area contributed by atoms with E-state index in [2.05, 4.69) is 20.6 Å². The second-order valence-corrected chi connectivity index (χ2v) is 8.61. The average Bonchev–Trinajstić information content (AvgIpc) is 3.48. The van der Waals surface area contributed by atoms with Crippen LogP contribution in [0.15, 0.2) is 53.3 Å². The molecule has 1 aliphatic heterocycles. The number of nitrogens with zero attached hydrogens (tertiary/aromatic N) is 5. The average molecular weight is 459 g/mol. The van der Waals surface area contributed by atoms with Gasteiger partial charge in [0.2, 0.25) is 0 Å². The first-order chi connectivity index (χ1) is 16.6. The van der Waals surface area contributed by atoms with Crippen LogP contribution in [0.5, 0.6) is 0 Å². The number of carboxylic acid groups (broad SMARTS) is 1. The van der Waals surface area contributed by atoms with Crippen molar-refractivity contribution in [2.45, 2.75) is 51.6 Å². The van der Waals surface area contributed by atoms with E-state index in [1.807, 2.05) is 55.5 Å². The van der Waals surface area contributed by atoms with Gasteiger partial charge in [0.1, 0.15) is 6.04 Å². The molecule has 0 radical (unpaired) electrons. The molecule has 0 fully saturated rings. The van der Waals surface area contributed by atoms with E-state index in [-0.39, 0.29) is 5.56 Å². The molecule has 0 bridgehead atoms. The van der Waals surface area contributed by atoms with E-state index >= 15 is 0 Å². The van der Waals surface area contributed by atoms with E-state index in [1.165, 1.54) is 0 Å². The smallest absolute Gasteiger partial charge is 0.328 e. The molecule has 0 spiro atoms. The highest BCUT2D eigenvalue weighted by atomic mass is 16.4. The Balaban J connectivity index is 1.49. The third-order valence-corrected chi connectivity index (χ3v) is 6.47. The lowest BCUT2D eigenvalue weighted by Crippen LogP contribution is -2.35. The van der Waals surface area contributed by atoms with Crippen LogP contribution in [0.3, 0.4) is 0 Å². The van der Waals surface area contributed by atoms with Crippen LogP contribution in [0.1, 0.15) is 49.0 Å². The predicted octanol–water partition coefficient (Wildman–Crippen LogP) is 3.46. The van der Waals surface area contributed by atoms with Gasteiger partial charge in [-0.1, -0.05) is 61.9 Å². The van der Waals surface area contributed by atoms with Gasteiger partial charge >= 0.3 is 5.97 Å². The molecule has 0 saturated heterocycles. The molecule has 1 unspecified atom stereocenters. The Bertz CT molecular complexity index is 1370. The van der Waals surface area contributed by atoms with Crippen molar-refractivity contribution in [3.05, 3.63) is 75.7 Å². The predicted molar refractivity (Wildman–Crippen MR) is 126 cm³/mol. The first-order valence-electron chi connectivity index (χ1n) is 11.6. The van der Waals surface area contributed by atoms with Crippen LogP contribution in [-0.4, -0.2) is 41.1 Å². The number of hydrogen-bond donors (Lipinski definition) is 2. The summed E-state index contributed by atoms with van der Waals surface area (Å²) in [7, 11) is 0. The number of fused-ring (bicyclic) bond motifs is 1. The fraction of sp³-hybridized carbons (Fsp3) is 0.320. The van der Waals surface area contributed by atoms with Gasteiger partial charge in [-0.25, -0.2) is 14.6 Å². The largest absolute Gasteiger partial charge is 0.480 e. The summed E-state index contributed by atoms with van der Waals surface area (Å²) in [5.74, 6) is -0.276. The van der Waals surface area contributed by atoms with Crippen molar-refractivity contribution in [1.82, 2.24) is 30.0 Å². The van der Waals surface area contributed by atoms with Gasteiger partial charge in [0.05, 0.1) is 0 Å². The quantitative estimate of drug-likeness (QED) is 0.438. The second kappa shape index (κ2) is 9.09. The van der Waals surface area contributed by atoms with Crippen molar-refractivity contribution in [3.63, 3.8) is 0 Å². The number of nitrogens with one attached hydrogen (secondary N) is 1. The van der Waals surface area contributed by atoms with E-state index < -0.39 is 12.0 Å². The number of rotatable bonds is 7. The van der Waals surface area contributed by atoms with Crippen LogP contribution in [0, 0.1) is 0 Å². The van der Waals surface area contributed by atoms with Crippen LogP contribution >= 0.6 is 0 Å². The lowest BCUT2D eigenvalue weighted by Gasteiger charge is -2.26. The Kier molecular flexibility index (Phi) is 5.83. The molecule has 2 aromatic heterocycles. The van der Waals surface area contributed by atoms with Crippen LogP contribution in [0.25, 0.3) is 22.5 Å². The molecule has 34 heavy (non-hydrogen) atoms. The van der Waals surface area contributed by atoms with Crippen molar-refractivity contribution in [2.24, 2.45) is 0 Å². The van der Waals surface area contributed by atoms with Crippen LogP contribution < -0.4 is 5.56 Å². The van der Waals surface area contributed by atoms with Crippen LogP contribution in [0.4, 0.5) is 0 Å². The number of hydrogen-bond acceptors (Lipinski definition) is 5. The lowest BCUT2D eigenvalue weighted by molar-refractivity contribution is -0.142. The Hall–Kier alpha value is -4.01. The van der Waals surface area contributed by atoms with Gasteiger partial charge in [-0.3, -0.25) is 9.48 Å². The number of benzene rings is 2. The van der Waals surface area contributed by atoms with Gasteiger partial charge in [0.25, 0.3) is 5.56 Å². The van der Waals surface area contributed by atoms with Crippen molar-refractivity contribution >= 4 is 5.97 Å². The van der Waals surface area contributed by atoms with Crippen molar-refractivity contribution in [2.75, 3.05) is 0 Å². The highest BCUT2D eigenvalue weighted by molar-refractivity contribution is 5.80. The number of carboxylic acids is 1. The van der Waals surface area contributed by atoms with Gasteiger partial charge in [-0.05, 0) is 46.4 Å². The standard InChI is InChI=1S/C25H26N6O3/c1-2-6-21-20(24(32)30-14-5-9-22(25(33)34)31(21)30)15-16-10-12-17(13-11-16)18-7-3-4-8-19(18)23-26-28-29-27-23/h3-4,7-8,10-13,22H,2,5-6,9,14-15H2,1H3,(H,33,34)(H,26,27,28,29). The summed E-state index contributed by atoms with van der Waals surface area (Å²) < 4.78 is 3.39. The van der Waals surface area contributed by atoms with Gasteiger partial charge in [-0.2, -0.15) is 0 Å². The summed E-state index contributed by atoms with van der Waals surface area (Å²) in [6.45, 7) is 2.61. The number of H-pyrrole nitrogens is 1. The second-order valence-electron chi connectivity index (χ2n) is 8.61. The third-order valence-electron chi connectivity index (χ3n) is 6.47. The van der Waals surface area contributed by atoms with E-state index in [0.717, 1.165) is 34.4 Å². The molecule has 0 amide bonds. The molecule has 174 valence electrons. The van der Waals surface area contributed by atoms with Crippen molar-refractivity contribution < 1.29 is 9.90 Å². The molecule has 2 aromatic carbocycles. The fourth-order valence-corrected chi connectivity index (χ4v) is 4.91. The van der Waals surface area contributed by atoms with E-state index in [9.17, 15) is 14.7 Å². The summed E-state index contributed by atoms with van der Waals surface area (Å²) in [6.07, 6.45) is 3.24. The molecule has 5 rings (SSSR count). The summed E-state index contributed by atoms with van der Waals surface area (Å²) in [6, 6.07) is 15.3. The van der Waals surface area contributed by atoms with Gasteiger partial charge in [0.15, 0.2) is 5.82 Å². The fourth-order valence-electron chi connectivity index (χ4n) is 4.91. The van der Waals surface area contributed by atoms with E-state index in [1.54, 1.807) is 9.36 Å². The number of aromatic nitrogens is 6. The molecular formula is C25H26N6O3. The molecule has 0 saturated carbocycles. The minimum atomic E-state index is -0.877. The Morgan fingerprint density at radius 3 is 2.59 bits per heavy atom. The summed E-state index contributed by atoms with van der Waals surface area (Å²) in [5.41, 5.74) is 5.42. The molecule has 4 aromatic rings. The molecule has 1 atom stereocenters. The maximum absolute atomic E-state index is 13.3. The highest BCUT2D eigenvalue weighted by Crippen LogP contribution is 2.30. The van der Waals surface area contributed by atoms with Crippen molar-refractivity contribution in [1.29, 1.82) is 0 Å². The lowest BCUT2D eigenvalue weighted by atomic mass is 9.96. The number of aliphatic carboxylic acids is 1. The van der Waals surface area contributed by atoms with E-state index in [0.29, 0.717) is 43.6 Å². The molecule has 2 N–H and O–H groups in total. The third kappa shape index (κ3) is 3.83. The topological polar surface area (TPSA) is 119 Å². The first-order valence-corrected chi connectivity index (χ1v) is 11.6. The van der Waals surface area contributed by atoms with Crippen LogP contribution in [-0.2, 0) is 24.2 Å². The minimum absolute atomic E-state index is 0.0679. The molecule has 3 heterocycles. The Labute approximate surface area is 196 Å². The highest BCUT2D eigenvalue weighted by Gasteiger charge is 2.31. The molecule has 9 nitrogen and oxygen atoms in total. The van der Waals surface area contributed by atoms with Crippen molar-refractivity contribution in [3.8, 4) is 22.5 Å². The Morgan fingerprint density at radius 1 is 1.15 bits per heavy atom. The first kappa shape index (κ1) is 21.8. The monoisotopic (exact) mass is 458 g/mol. The Morgan fingerprint density at radius 2 is 1.91 bits per heavy atom. The van der Waals surface area contributed by atoms with Crippen LogP contribution in [0.2, 0.25) is 0 Å². The summed E-state index contributed by atoms with van der Waals surface area (Å²) in [5, 5.41) is 24.0. The number of tetrazole rings is 1. The van der Waals surface area contributed by atoms with E-state index in [4.69, 9.17) is 0 Å². The normalized spacial score (nSPS) is 15.3. The maximum atomic E-state index is 13.3. The number of carbonyl (C=O) groups is 1. The van der Waals surface area contributed by atoms with Gasteiger partial charge in [0, 0.05) is 29.8 Å². The zero-order chi connectivity index (χ0) is 23.7. The molecule has 0 aliphatic carbocycles. The minimum Gasteiger partial charge on any atom is -0.480 e. The zero-order valence-corrected chi connectivity index (χ0v) is 18.9. The zero-order valence-electron chi connectivity index (χ0n) is 18.9. The van der Waals surface area contributed by atoms with Gasteiger partial charge < -0.3 is 5.11 Å². The summed E-state index contributed by atoms with van der Waals surface area (Å²) in [4.78, 5) is 25.2. The SMILES string of the molecule is CCCc1c(Cc2ccc(-c3ccccc3-c3nnn[nH]3)cc2)c(=O)n2n1C(C(=O)O)CCC2. The maximum Gasteiger partial charge on any atom is 0.328 e. The molecule has 1 aliphatic rings. The summed E-state index contributed by atoms with van der Waals surface area (Å²) >= 11 is 0. The van der Waals surface area contributed by atoms with Gasteiger partial charge in [-0.15, -0.1) is 5.10 Å². The molecular weight excluding hydrogens is 432 g/mol. The molecule has 9 heteroatoms. The number of aromatic amines is 1.